The molecule has 0 aliphatic carbocycles. The third-order valence-electron chi connectivity index (χ3n) is 4.60. The van der Waals surface area contributed by atoms with E-state index in [9.17, 15) is 4.79 Å². The first kappa shape index (κ1) is 15.4. The summed E-state index contributed by atoms with van der Waals surface area (Å²) in [4.78, 5) is 19.1. The number of hydrogen-bond donors (Lipinski definition) is 1. The van der Waals surface area contributed by atoms with Crippen molar-refractivity contribution in [2.75, 3.05) is 11.9 Å². The molecule has 1 N–H and O–H groups in total. The van der Waals surface area contributed by atoms with Gasteiger partial charge in [-0.25, -0.2) is 4.79 Å². The average Bonchev–Trinajstić information content (AvgIpc) is 3.12. The number of carbonyl (C=O) groups is 1. The summed E-state index contributed by atoms with van der Waals surface area (Å²) in [6.45, 7) is 3.47. The highest BCUT2D eigenvalue weighted by Crippen LogP contribution is 2.32. The van der Waals surface area contributed by atoms with Gasteiger partial charge in [-0.3, -0.25) is 4.98 Å². The van der Waals surface area contributed by atoms with Crippen LogP contribution in [-0.2, 0) is 6.54 Å². The molecule has 5 nitrogen and oxygen atoms in total. The third-order valence-corrected chi connectivity index (χ3v) is 4.60. The minimum Gasteiger partial charge on any atom is -0.348 e. The van der Waals surface area contributed by atoms with Crippen molar-refractivity contribution in [3.05, 3.63) is 83.9 Å². The molecule has 1 aliphatic heterocycles. The number of benzene rings is 1. The lowest BCUT2D eigenvalue weighted by atomic mass is 10.0. The molecule has 126 valence electrons. The molecule has 0 bridgehead atoms. The summed E-state index contributed by atoms with van der Waals surface area (Å²) in [5.74, 6) is 0. The standard InChI is InChI=1S/C20H20N4O/c1-15-6-8-17(9-7-15)22-20(25)24-13-12-23-11-3-5-18(23)19(24)16-4-2-10-21-14-16/h2-11,14,19H,12-13H2,1H3,(H,22,25)/t19-/m0/s1. The van der Waals surface area contributed by atoms with Crippen molar-refractivity contribution in [2.24, 2.45) is 0 Å². The molecule has 0 saturated heterocycles. The van der Waals surface area contributed by atoms with Crippen LogP contribution in [0.4, 0.5) is 10.5 Å². The molecule has 0 radical (unpaired) electrons. The Morgan fingerprint density at radius 2 is 1.96 bits per heavy atom. The monoisotopic (exact) mass is 332 g/mol. The van der Waals surface area contributed by atoms with Crippen molar-refractivity contribution in [3.8, 4) is 0 Å². The highest BCUT2D eigenvalue weighted by Gasteiger charge is 2.32. The van der Waals surface area contributed by atoms with Crippen LogP contribution in [0, 0.1) is 6.92 Å². The van der Waals surface area contributed by atoms with Crippen molar-refractivity contribution >= 4 is 11.7 Å². The molecule has 0 spiro atoms. The maximum Gasteiger partial charge on any atom is 0.322 e. The summed E-state index contributed by atoms with van der Waals surface area (Å²) < 4.78 is 2.20. The maximum atomic E-state index is 13.0. The largest absolute Gasteiger partial charge is 0.348 e. The van der Waals surface area contributed by atoms with E-state index in [1.165, 1.54) is 5.56 Å². The molecule has 0 saturated carbocycles. The molecule has 5 heteroatoms. The Labute approximate surface area is 146 Å². The molecule has 3 heterocycles. The van der Waals surface area contributed by atoms with Crippen LogP contribution < -0.4 is 5.32 Å². The second-order valence-corrected chi connectivity index (χ2v) is 6.30. The van der Waals surface area contributed by atoms with Gasteiger partial charge >= 0.3 is 6.03 Å². The predicted octanol–water partition coefficient (Wildman–Crippen LogP) is 3.83. The first-order valence-corrected chi connectivity index (χ1v) is 8.41. The number of carbonyl (C=O) groups excluding carboxylic acids is 1. The Morgan fingerprint density at radius 1 is 1.12 bits per heavy atom. The van der Waals surface area contributed by atoms with Crippen LogP contribution in [0.2, 0.25) is 0 Å². The normalized spacial score (nSPS) is 16.4. The Hall–Kier alpha value is -3.08. The van der Waals surface area contributed by atoms with E-state index in [4.69, 9.17) is 0 Å². The van der Waals surface area contributed by atoms with Crippen LogP contribution in [-0.4, -0.2) is 27.0 Å². The number of anilines is 1. The Balaban J connectivity index is 1.65. The quantitative estimate of drug-likeness (QED) is 0.775. The van der Waals surface area contributed by atoms with Crippen molar-refractivity contribution in [3.63, 3.8) is 0 Å². The van der Waals surface area contributed by atoms with E-state index in [0.29, 0.717) is 6.54 Å². The van der Waals surface area contributed by atoms with Crippen molar-refractivity contribution in [1.82, 2.24) is 14.5 Å². The lowest BCUT2D eigenvalue weighted by Crippen LogP contribution is -2.44. The van der Waals surface area contributed by atoms with E-state index in [0.717, 1.165) is 23.5 Å². The zero-order chi connectivity index (χ0) is 17.2. The summed E-state index contributed by atoms with van der Waals surface area (Å²) in [6, 6.07) is 15.7. The van der Waals surface area contributed by atoms with Gasteiger partial charge in [-0.2, -0.15) is 0 Å². The van der Waals surface area contributed by atoms with Gasteiger partial charge < -0.3 is 14.8 Å². The summed E-state index contributed by atoms with van der Waals surface area (Å²) in [6.07, 6.45) is 5.65. The van der Waals surface area contributed by atoms with Crippen molar-refractivity contribution < 1.29 is 4.79 Å². The minimum absolute atomic E-state index is 0.0924. The molecule has 25 heavy (non-hydrogen) atoms. The van der Waals surface area contributed by atoms with Gasteiger partial charge in [0.1, 0.15) is 6.04 Å². The molecule has 2 aromatic heterocycles. The number of fused-ring (bicyclic) bond motifs is 1. The number of pyridine rings is 1. The average molecular weight is 332 g/mol. The summed E-state index contributed by atoms with van der Waals surface area (Å²) >= 11 is 0. The maximum absolute atomic E-state index is 13.0. The van der Waals surface area contributed by atoms with Crippen LogP contribution in [0.1, 0.15) is 22.9 Å². The number of hydrogen-bond acceptors (Lipinski definition) is 2. The molecular formula is C20H20N4O. The van der Waals surface area contributed by atoms with Crippen LogP contribution in [0.15, 0.2) is 67.1 Å². The fourth-order valence-corrected chi connectivity index (χ4v) is 3.32. The van der Waals surface area contributed by atoms with Gasteiger partial charge in [-0.1, -0.05) is 23.8 Å². The lowest BCUT2D eigenvalue weighted by Gasteiger charge is -2.37. The van der Waals surface area contributed by atoms with Gasteiger partial charge in [0, 0.05) is 43.1 Å². The van der Waals surface area contributed by atoms with E-state index in [1.54, 1.807) is 6.20 Å². The summed E-state index contributed by atoms with van der Waals surface area (Å²) in [5, 5.41) is 3.02. The smallest absolute Gasteiger partial charge is 0.322 e. The SMILES string of the molecule is Cc1ccc(NC(=O)N2CCn3cccc3[C@@H]2c2cccnc2)cc1. The fourth-order valence-electron chi connectivity index (χ4n) is 3.32. The summed E-state index contributed by atoms with van der Waals surface area (Å²) in [7, 11) is 0. The zero-order valence-corrected chi connectivity index (χ0v) is 14.1. The number of aryl methyl sites for hydroxylation is 1. The highest BCUT2D eigenvalue weighted by atomic mass is 16.2. The molecule has 0 unspecified atom stereocenters. The van der Waals surface area contributed by atoms with Gasteiger partial charge in [0.05, 0.1) is 0 Å². The molecule has 1 aromatic carbocycles. The van der Waals surface area contributed by atoms with Gasteiger partial charge in [-0.05, 0) is 42.8 Å². The van der Waals surface area contributed by atoms with Gasteiger partial charge in [0.2, 0.25) is 0 Å². The molecule has 1 aliphatic rings. The van der Waals surface area contributed by atoms with E-state index >= 15 is 0 Å². The minimum atomic E-state index is -0.136. The lowest BCUT2D eigenvalue weighted by molar-refractivity contribution is 0.181. The molecule has 1 atom stereocenters. The zero-order valence-electron chi connectivity index (χ0n) is 14.1. The Bertz CT molecular complexity index is 870. The molecule has 0 fully saturated rings. The van der Waals surface area contributed by atoms with Crippen LogP contribution in [0.5, 0.6) is 0 Å². The topological polar surface area (TPSA) is 50.2 Å². The molecular weight excluding hydrogens is 312 g/mol. The number of urea groups is 1. The second-order valence-electron chi connectivity index (χ2n) is 6.30. The van der Waals surface area contributed by atoms with E-state index in [2.05, 4.69) is 27.1 Å². The van der Waals surface area contributed by atoms with Crippen LogP contribution >= 0.6 is 0 Å². The number of rotatable bonds is 2. The molecule has 2 amide bonds. The number of nitrogens with zero attached hydrogens (tertiary/aromatic N) is 3. The highest BCUT2D eigenvalue weighted by molar-refractivity contribution is 5.90. The number of nitrogens with one attached hydrogen (secondary N) is 1. The Morgan fingerprint density at radius 3 is 2.72 bits per heavy atom. The second kappa shape index (κ2) is 6.43. The van der Waals surface area contributed by atoms with Gasteiger partial charge in [0.25, 0.3) is 0 Å². The number of amides is 2. The van der Waals surface area contributed by atoms with Crippen molar-refractivity contribution in [1.29, 1.82) is 0 Å². The third kappa shape index (κ3) is 3.01. The summed E-state index contributed by atoms with van der Waals surface area (Å²) in [5.41, 5.74) is 4.10. The first-order chi connectivity index (χ1) is 12.2. The van der Waals surface area contributed by atoms with E-state index < -0.39 is 0 Å². The van der Waals surface area contributed by atoms with Gasteiger partial charge in [0.15, 0.2) is 0 Å². The number of aromatic nitrogens is 2. The van der Waals surface area contributed by atoms with Crippen LogP contribution in [0.25, 0.3) is 0 Å². The van der Waals surface area contributed by atoms with E-state index in [1.807, 2.05) is 60.5 Å². The molecule has 4 rings (SSSR count). The molecule has 3 aromatic rings. The fraction of sp³-hybridized carbons (Fsp3) is 0.200. The predicted molar refractivity (Wildman–Crippen MR) is 97.4 cm³/mol. The Kier molecular flexibility index (Phi) is 3.98. The van der Waals surface area contributed by atoms with Crippen LogP contribution in [0.3, 0.4) is 0 Å². The van der Waals surface area contributed by atoms with E-state index in [-0.39, 0.29) is 12.1 Å². The van der Waals surface area contributed by atoms with Crippen molar-refractivity contribution in [2.45, 2.75) is 19.5 Å². The van der Waals surface area contributed by atoms with Gasteiger partial charge in [-0.15, -0.1) is 0 Å². The first-order valence-electron chi connectivity index (χ1n) is 8.41.